The molecule has 0 amide bonds. The van der Waals surface area contributed by atoms with E-state index in [9.17, 15) is 4.79 Å². The van der Waals surface area contributed by atoms with Crippen molar-refractivity contribution < 1.29 is 9.53 Å². The van der Waals surface area contributed by atoms with E-state index < -0.39 is 0 Å². The van der Waals surface area contributed by atoms with Crippen molar-refractivity contribution in [1.82, 2.24) is 5.32 Å². The van der Waals surface area contributed by atoms with Gasteiger partial charge in [0.1, 0.15) is 5.00 Å². The van der Waals surface area contributed by atoms with Gasteiger partial charge in [0.25, 0.3) is 0 Å². The molecule has 0 saturated carbocycles. The van der Waals surface area contributed by atoms with Gasteiger partial charge in [-0.3, -0.25) is 0 Å². The van der Waals surface area contributed by atoms with E-state index in [1.165, 1.54) is 24.0 Å². The standard InChI is InChI=1S/C22H30N2O2S2/c1-21(2,3)14-22(4,5)24-20(27)23-18-17(19(25)26-6)13-16(28-18)12-15-10-8-7-9-11-15/h7-11,13H,12,14H2,1-6H3,(H2,23,24,27). The smallest absolute Gasteiger partial charge is 0.340 e. The van der Waals surface area contributed by atoms with Gasteiger partial charge in [-0.1, -0.05) is 51.1 Å². The van der Waals surface area contributed by atoms with Gasteiger partial charge in [0.2, 0.25) is 0 Å². The molecule has 4 nitrogen and oxygen atoms in total. The normalized spacial score (nSPS) is 11.8. The maximum Gasteiger partial charge on any atom is 0.340 e. The molecule has 0 radical (unpaired) electrons. The van der Waals surface area contributed by atoms with Crippen LogP contribution in [0.5, 0.6) is 0 Å². The molecule has 28 heavy (non-hydrogen) atoms. The van der Waals surface area contributed by atoms with Gasteiger partial charge in [0, 0.05) is 16.8 Å². The zero-order chi connectivity index (χ0) is 20.9. The Bertz CT molecular complexity index is 821. The highest BCUT2D eigenvalue weighted by atomic mass is 32.1. The first-order valence-electron chi connectivity index (χ1n) is 9.33. The van der Waals surface area contributed by atoms with E-state index in [0.717, 1.165) is 17.7 Å². The first-order valence-corrected chi connectivity index (χ1v) is 10.6. The van der Waals surface area contributed by atoms with E-state index >= 15 is 0 Å². The Morgan fingerprint density at radius 1 is 1.14 bits per heavy atom. The summed E-state index contributed by atoms with van der Waals surface area (Å²) >= 11 is 7.05. The van der Waals surface area contributed by atoms with Crippen LogP contribution in [-0.4, -0.2) is 23.7 Å². The van der Waals surface area contributed by atoms with Crippen LogP contribution in [0.4, 0.5) is 5.00 Å². The number of hydrogen-bond donors (Lipinski definition) is 2. The molecule has 2 aromatic rings. The number of anilines is 1. The second-order valence-corrected chi connectivity index (χ2v) is 10.4. The maximum atomic E-state index is 12.2. The second-order valence-electron chi connectivity index (χ2n) is 8.81. The minimum Gasteiger partial charge on any atom is -0.465 e. The number of carbonyl (C=O) groups excluding carboxylic acids is 1. The largest absolute Gasteiger partial charge is 0.465 e. The first kappa shape index (κ1) is 22.4. The summed E-state index contributed by atoms with van der Waals surface area (Å²) < 4.78 is 4.95. The molecule has 2 rings (SSSR count). The zero-order valence-electron chi connectivity index (χ0n) is 17.5. The van der Waals surface area contributed by atoms with Crippen LogP contribution in [0.3, 0.4) is 0 Å². The van der Waals surface area contributed by atoms with Crippen LogP contribution in [0.25, 0.3) is 0 Å². The van der Waals surface area contributed by atoms with Gasteiger partial charge in [-0.15, -0.1) is 11.3 Å². The fourth-order valence-electron chi connectivity index (χ4n) is 3.49. The summed E-state index contributed by atoms with van der Waals surface area (Å²) in [7, 11) is 1.39. The topological polar surface area (TPSA) is 50.4 Å². The lowest BCUT2D eigenvalue weighted by Crippen LogP contribution is -2.47. The van der Waals surface area contributed by atoms with Crippen molar-refractivity contribution in [3.05, 3.63) is 52.4 Å². The van der Waals surface area contributed by atoms with E-state index in [0.29, 0.717) is 15.7 Å². The van der Waals surface area contributed by atoms with Crippen LogP contribution in [0.15, 0.2) is 36.4 Å². The number of rotatable bonds is 6. The van der Waals surface area contributed by atoms with Crippen LogP contribution in [0.2, 0.25) is 0 Å². The molecule has 0 fully saturated rings. The number of nitrogens with one attached hydrogen (secondary N) is 2. The zero-order valence-corrected chi connectivity index (χ0v) is 19.1. The third kappa shape index (κ3) is 6.91. The third-order valence-electron chi connectivity index (χ3n) is 4.06. The number of carbonyl (C=O) groups is 1. The SMILES string of the molecule is COC(=O)c1cc(Cc2ccccc2)sc1NC(=S)NC(C)(C)CC(C)(C)C. The number of hydrogen-bond acceptors (Lipinski definition) is 4. The molecule has 1 aromatic heterocycles. The predicted octanol–water partition coefficient (Wildman–Crippen LogP) is 5.63. The molecule has 0 aliphatic carbocycles. The van der Waals surface area contributed by atoms with E-state index in [-0.39, 0.29) is 16.9 Å². The summed E-state index contributed by atoms with van der Waals surface area (Å²) in [4.78, 5) is 13.3. The molecule has 0 aliphatic rings. The summed E-state index contributed by atoms with van der Waals surface area (Å²) in [5, 5.41) is 7.81. The molecule has 0 unspecified atom stereocenters. The average Bonchev–Trinajstić information content (AvgIpc) is 2.94. The van der Waals surface area contributed by atoms with Crippen molar-refractivity contribution in [2.45, 2.75) is 53.0 Å². The van der Waals surface area contributed by atoms with Crippen LogP contribution in [-0.2, 0) is 11.2 Å². The number of thiocarbonyl (C=S) groups is 1. The lowest BCUT2D eigenvalue weighted by molar-refractivity contribution is 0.0602. The quantitative estimate of drug-likeness (QED) is 0.470. The molecule has 0 bridgehead atoms. The monoisotopic (exact) mass is 418 g/mol. The molecule has 6 heteroatoms. The Hall–Kier alpha value is -1.92. The Balaban J connectivity index is 2.16. The van der Waals surface area contributed by atoms with Gasteiger partial charge < -0.3 is 15.4 Å². The molecule has 1 heterocycles. The van der Waals surface area contributed by atoms with Gasteiger partial charge in [-0.2, -0.15) is 0 Å². The van der Waals surface area contributed by atoms with E-state index in [1.807, 2.05) is 24.3 Å². The van der Waals surface area contributed by atoms with Crippen molar-refractivity contribution in [2.75, 3.05) is 12.4 Å². The summed E-state index contributed by atoms with van der Waals surface area (Å²) in [6.45, 7) is 10.9. The van der Waals surface area contributed by atoms with Crippen LogP contribution in [0, 0.1) is 5.41 Å². The molecule has 2 N–H and O–H groups in total. The number of benzene rings is 1. The number of thiophene rings is 1. The van der Waals surface area contributed by atoms with E-state index in [1.54, 1.807) is 0 Å². The summed E-state index contributed by atoms with van der Waals surface area (Å²) in [6.07, 6.45) is 1.71. The highest BCUT2D eigenvalue weighted by Crippen LogP contribution is 2.31. The van der Waals surface area contributed by atoms with Gasteiger partial charge in [-0.05, 0) is 49.5 Å². The summed E-state index contributed by atoms with van der Waals surface area (Å²) in [6, 6.07) is 12.1. The number of esters is 1. The molecular weight excluding hydrogens is 388 g/mol. The molecule has 0 saturated heterocycles. The highest BCUT2D eigenvalue weighted by Gasteiger charge is 2.26. The Kier molecular flexibility index (Phi) is 7.23. The average molecular weight is 419 g/mol. The maximum absolute atomic E-state index is 12.2. The highest BCUT2D eigenvalue weighted by molar-refractivity contribution is 7.80. The second kappa shape index (κ2) is 9.05. The molecule has 0 atom stereocenters. The van der Waals surface area contributed by atoms with Crippen LogP contribution in [0.1, 0.15) is 61.8 Å². The summed E-state index contributed by atoms with van der Waals surface area (Å²) in [5.41, 5.74) is 1.71. The van der Waals surface area contributed by atoms with Gasteiger partial charge in [-0.25, -0.2) is 4.79 Å². The molecule has 152 valence electrons. The van der Waals surface area contributed by atoms with Crippen molar-refractivity contribution in [2.24, 2.45) is 5.41 Å². The summed E-state index contributed by atoms with van der Waals surface area (Å²) in [5.74, 6) is -0.366. The first-order chi connectivity index (χ1) is 13.0. The molecular formula is C22H30N2O2S2. The van der Waals surface area contributed by atoms with E-state index in [2.05, 4.69) is 57.4 Å². The van der Waals surface area contributed by atoms with Gasteiger partial charge >= 0.3 is 5.97 Å². The van der Waals surface area contributed by atoms with E-state index in [4.69, 9.17) is 17.0 Å². The Morgan fingerprint density at radius 2 is 1.79 bits per heavy atom. The Labute approximate surface area is 177 Å². The van der Waals surface area contributed by atoms with Crippen LogP contribution >= 0.6 is 23.6 Å². The van der Waals surface area contributed by atoms with Gasteiger partial charge in [0.05, 0.1) is 12.7 Å². The van der Waals surface area contributed by atoms with Gasteiger partial charge in [0.15, 0.2) is 5.11 Å². The lowest BCUT2D eigenvalue weighted by atomic mass is 9.82. The minimum absolute atomic E-state index is 0.169. The predicted molar refractivity (Wildman–Crippen MR) is 122 cm³/mol. The Morgan fingerprint density at radius 3 is 2.36 bits per heavy atom. The van der Waals surface area contributed by atoms with Crippen LogP contribution < -0.4 is 10.6 Å². The molecule has 1 aromatic carbocycles. The molecule has 0 aliphatic heterocycles. The van der Waals surface area contributed by atoms with Crippen molar-refractivity contribution in [3.8, 4) is 0 Å². The lowest BCUT2D eigenvalue weighted by Gasteiger charge is -2.34. The fourth-order valence-corrected chi connectivity index (χ4v) is 5.02. The minimum atomic E-state index is -0.366. The molecule has 0 spiro atoms. The number of methoxy groups -OCH3 is 1. The van der Waals surface area contributed by atoms with Crippen molar-refractivity contribution >= 4 is 39.6 Å². The van der Waals surface area contributed by atoms with Crippen molar-refractivity contribution in [3.63, 3.8) is 0 Å². The fraction of sp³-hybridized carbons (Fsp3) is 0.455. The third-order valence-corrected chi connectivity index (χ3v) is 5.32. The number of ether oxygens (including phenoxy) is 1. The van der Waals surface area contributed by atoms with Crippen molar-refractivity contribution in [1.29, 1.82) is 0 Å².